The van der Waals surface area contributed by atoms with Gasteiger partial charge in [0.05, 0.1) is 0 Å². The van der Waals surface area contributed by atoms with E-state index in [1.54, 1.807) is 0 Å². The van der Waals surface area contributed by atoms with E-state index in [0.29, 0.717) is 11.8 Å². The molecule has 0 heterocycles. The lowest BCUT2D eigenvalue weighted by Gasteiger charge is -2.09. The van der Waals surface area contributed by atoms with Crippen molar-refractivity contribution in [1.29, 1.82) is 0 Å². The van der Waals surface area contributed by atoms with Gasteiger partial charge in [-0.1, -0.05) is 51.9 Å². The third kappa shape index (κ3) is 3.81. The van der Waals surface area contributed by atoms with Crippen molar-refractivity contribution in [2.75, 3.05) is 0 Å². The summed E-state index contributed by atoms with van der Waals surface area (Å²) < 4.78 is 0. The average Bonchev–Trinajstić information content (AvgIpc) is 2.91. The monoisotopic (exact) mass is 196 g/mol. The molecule has 2 rings (SSSR count). The van der Waals surface area contributed by atoms with Gasteiger partial charge in [0, 0.05) is 5.92 Å². The fraction of sp³-hybridized carbons (Fsp3) is 0.923. The Morgan fingerprint density at radius 2 is 1.57 bits per heavy atom. The molecule has 2 saturated carbocycles. The zero-order chi connectivity index (χ0) is 10.2. The van der Waals surface area contributed by atoms with Crippen LogP contribution in [0.4, 0.5) is 0 Å². The Morgan fingerprint density at radius 3 is 1.93 bits per heavy atom. The van der Waals surface area contributed by atoms with Gasteiger partial charge in [-0.2, -0.15) is 0 Å². The fourth-order valence-electron chi connectivity index (χ4n) is 2.64. The number of hydrogen-bond donors (Lipinski definition) is 0. The Morgan fingerprint density at radius 1 is 1.00 bits per heavy atom. The maximum absolute atomic E-state index is 10.4. The van der Waals surface area contributed by atoms with Gasteiger partial charge in [-0.3, -0.25) is 0 Å². The molecule has 0 saturated heterocycles. The number of carbonyl (C=O) groups is 1. The van der Waals surface area contributed by atoms with E-state index in [0.717, 1.165) is 12.7 Å². The molecule has 82 valence electrons. The van der Waals surface area contributed by atoms with Gasteiger partial charge in [0.15, 0.2) is 0 Å². The van der Waals surface area contributed by atoms with Gasteiger partial charge in [0.2, 0.25) is 0 Å². The summed E-state index contributed by atoms with van der Waals surface area (Å²) in [6.07, 6.45) is 13.5. The first-order valence-electron chi connectivity index (χ1n) is 6.33. The van der Waals surface area contributed by atoms with E-state index < -0.39 is 0 Å². The van der Waals surface area contributed by atoms with Crippen LogP contribution in [0.5, 0.6) is 0 Å². The molecule has 2 atom stereocenters. The average molecular weight is 196 g/mol. The Kier molecular flexibility index (Phi) is 5.89. The highest BCUT2D eigenvalue weighted by Gasteiger charge is 2.24. The van der Waals surface area contributed by atoms with E-state index in [1.165, 1.54) is 51.4 Å². The van der Waals surface area contributed by atoms with Gasteiger partial charge >= 0.3 is 0 Å². The molecule has 0 aromatic rings. The fourth-order valence-corrected chi connectivity index (χ4v) is 2.64. The van der Waals surface area contributed by atoms with Gasteiger partial charge in [-0.15, -0.1) is 0 Å². The van der Waals surface area contributed by atoms with Crippen molar-refractivity contribution in [2.45, 2.75) is 64.7 Å². The number of rotatable bonds is 2. The molecular formula is C13H24O. The normalized spacial score (nSPS) is 30.9. The van der Waals surface area contributed by atoms with E-state index >= 15 is 0 Å². The molecule has 2 aliphatic rings. The second-order valence-corrected chi connectivity index (χ2v) is 4.67. The van der Waals surface area contributed by atoms with E-state index in [2.05, 4.69) is 6.92 Å². The molecule has 0 bridgehead atoms. The van der Waals surface area contributed by atoms with Crippen LogP contribution >= 0.6 is 0 Å². The van der Waals surface area contributed by atoms with Crippen LogP contribution in [0.25, 0.3) is 0 Å². The second kappa shape index (κ2) is 7.03. The molecule has 0 aromatic heterocycles. The highest BCUT2D eigenvalue weighted by atomic mass is 16.1. The van der Waals surface area contributed by atoms with E-state index in [1.807, 2.05) is 0 Å². The summed E-state index contributed by atoms with van der Waals surface area (Å²) in [5, 5.41) is 0. The van der Waals surface area contributed by atoms with E-state index in [-0.39, 0.29) is 0 Å². The molecule has 14 heavy (non-hydrogen) atoms. The summed E-state index contributed by atoms with van der Waals surface area (Å²) in [7, 11) is 0. The lowest BCUT2D eigenvalue weighted by atomic mass is 9.95. The molecule has 2 unspecified atom stereocenters. The molecule has 1 nitrogen and oxygen atoms in total. The minimum atomic E-state index is 0.398. The van der Waals surface area contributed by atoms with E-state index in [9.17, 15) is 4.79 Å². The number of aldehydes is 1. The predicted octanol–water partition coefficient (Wildman–Crippen LogP) is 3.96. The molecule has 0 amide bonds. The zero-order valence-corrected chi connectivity index (χ0v) is 9.50. The molecule has 0 N–H and O–H groups in total. The van der Waals surface area contributed by atoms with Crippen molar-refractivity contribution in [2.24, 2.45) is 11.8 Å². The van der Waals surface area contributed by atoms with Gasteiger partial charge in [0.1, 0.15) is 6.29 Å². The molecule has 0 spiro atoms. The van der Waals surface area contributed by atoms with Gasteiger partial charge in [0.25, 0.3) is 0 Å². The molecule has 0 aromatic carbocycles. The molecular weight excluding hydrogens is 172 g/mol. The summed E-state index contributed by atoms with van der Waals surface area (Å²) >= 11 is 0. The first kappa shape index (κ1) is 11.7. The SMILES string of the molecule is C1CCCC1.CCC1CCCC1C=O. The van der Waals surface area contributed by atoms with Crippen LogP contribution in [-0.4, -0.2) is 6.29 Å². The van der Waals surface area contributed by atoms with Crippen LogP contribution < -0.4 is 0 Å². The van der Waals surface area contributed by atoms with Gasteiger partial charge in [-0.25, -0.2) is 0 Å². The van der Waals surface area contributed by atoms with Crippen LogP contribution in [0.1, 0.15) is 64.7 Å². The van der Waals surface area contributed by atoms with Crippen molar-refractivity contribution in [3.63, 3.8) is 0 Å². The van der Waals surface area contributed by atoms with Crippen molar-refractivity contribution < 1.29 is 4.79 Å². The standard InChI is InChI=1S/C8H14O.C5H10/c1-2-7-4-3-5-8(7)6-9;1-2-4-5-3-1/h6-8H,2-5H2,1H3;1-5H2. The van der Waals surface area contributed by atoms with Gasteiger partial charge < -0.3 is 4.79 Å². The van der Waals surface area contributed by atoms with E-state index in [4.69, 9.17) is 0 Å². The highest BCUT2D eigenvalue weighted by molar-refractivity contribution is 5.54. The van der Waals surface area contributed by atoms with Crippen molar-refractivity contribution in [3.8, 4) is 0 Å². The summed E-state index contributed by atoms with van der Waals surface area (Å²) in [6.45, 7) is 2.17. The molecule has 1 heteroatoms. The third-order valence-corrected chi connectivity index (χ3v) is 3.67. The summed E-state index contributed by atoms with van der Waals surface area (Å²) in [5.74, 6) is 1.11. The topological polar surface area (TPSA) is 17.1 Å². The maximum atomic E-state index is 10.4. The minimum absolute atomic E-state index is 0.398. The first-order valence-corrected chi connectivity index (χ1v) is 6.33. The first-order chi connectivity index (χ1) is 6.88. The lowest BCUT2D eigenvalue weighted by molar-refractivity contribution is -0.112. The smallest absolute Gasteiger partial charge is 0.123 e. The quantitative estimate of drug-likeness (QED) is 0.611. The predicted molar refractivity (Wildman–Crippen MR) is 60.3 cm³/mol. The Hall–Kier alpha value is -0.330. The largest absolute Gasteiger partial charge is 0.303 e. The van der Waals surface area contributed by atoms with Crippen molar-refractivity contribution in [1.82, 2.24) is 0 Å². The van der Waals surface area contributed by atoms with Crippen LogP contribution in [-0.2, 0) is 4.79 Å². The third-order valence-electron chi connectivity index (χ3n) is 3.67. The van der Waals surface area contributed by atoms with Crippen LogP contribution in [0.3, 0.4) is 0 Å². The summed E-state index contributed by atoms with van der Waals surface area (Å²) in [6, 6.07) is 0. The molecule has 0 radical (unpaired) electrons. The lowest BCUT2D eigenvalue weighted by Crippen LogP contribution is -2.06. The molecule has 0 aliphatic heterocycles. The Bertz CT molecular complexity index is 142. The highest BCUT2D eigenvalue weighted by Crippen LogP contribution is 2.31. The summed E-state index contributed by atoms with van der Waals surface area (Å²) in [4.78, 5) is 10.4. The summed E-state index contributed by atoms with van der Waals surface area (Å²) in [5.41, 5.74) is 0. The minimum Gasteiger partial charge on any atom is -0.303 e. The number of carbonyl (C=O) groups excluding carboxylic acids is 1. The Labute approximate surface area is 88.3 Å². The van der Waals surface area contributed by atoms with Crippen LogP contribution in [0, 0.1) is 11.8 Å². The molecule has 2 aliphatic carbocycles. The van der Waals surface area contributed by atoms with Gasteiger partial charge in [-0.05, 0) is 18.8 Å². The Balaban J connectivity index is 0.000000165. The second-order valence-electron chi connectivity index (χ2n) is 4.67. The van der Waals surface area contributed by atoms with Crippen molar-refractivity contribution >= 4 is 6.29 Å². The van der Waals surface area contributed by atoms with Crippen molar-refractivity contribution in [3.05, 3.63) is 0 Å². The molecule has 2 fully saturated rings. The van der Waals surface area contributed by atoms with Crippen LogP contribution in [0.15, 0.2) is 0 Å². The van der Waals surface area contributed by atoms with Crippen LogP contribution in [0.2, 0.25) is 0 Å². The zero-order valence-electron chi connectivity index (χ0n) is 9.50. The number of hydrogen-bond acceptors (Lipinski definition) is 1. The maximum Gasteiger partial charge on any atom is 0.123 e.